The molecule has 0 N–H and O–H groups in total. The van der Waals surface area contributed by atoms with E-state index in [9.17, 15) is 24.0 Å². The Hall–Kier alpha value is -4.11. The number of halogens is 1. The number of carbonyl (C=O) groups is 5. The molecule has 198 valence electrons. The van der Waals surface area contributed by atoms with Crippen LogP contribution in [0.4, 0.5) is 5.69 Å². The van der Waals surface area contributed by atoms with Gasteiger partial charge in [-0.05, 0) is 85.6 Å². The molecule has 3 aromatic carbocycles. The van der Waals surface area contributed by atoms with Gasteiger partial charge in [-0.25, -0.2) is 9.59 Å². The number of amides is 2. The number of ether oxygens (including phenoxy) is 2. The van der Waals surface area contributed by atoms with Crippen molar-refractivity contribution in [3.63, 3.8) is 0 Å². The Labute approximate surface area is 233 Å². The summed E-state index contributed by atoms with van der Waals surface area (Å²) in [5, 5.41) is 0. The standard InChI is InChI=1S/C30H24BrNO7/c31-21-11-5-20(6-12-21)30(37)39-23-15-9-18(10-16-23)26(33)17-38-29(36)19-7-13-22(14-8-19)32-27(34)24-3-1-2-4-25(24)28(32)35/h5-16,24-25H,1-4,17H2. The molecule has 8 nitrogen and oxygen atoms in total. The van der Waals surface area contributed by atoms with Gasteiger partial charge >= 0.3 is 11.9 Å². The van der Waals surface area contributed by atoms with Crippen molar-refractivity contribution in [2.75, 3.05) is 11.5 Å². The van der Waals surface area contributed by atoms with Crippen molar-refractivity contribution in [3.8, 4) is 5.75 Å². The molecule has 1 saturated heterocycles. The molecule has 1 aliphatic heterocycles. The Balaban J connectivity index is 1.15. The van der Waals surface area contributed by atoms with Crippen molar-refractivity contribution in [1.82, 2.24) is 0 Å². The van der Waals surface area contributed by atoms with E-state index in [1.54, 1.807) is 36.4 Å². The number of rotatable bonds is 7. The SMILES string of the molecule is O=C(COC(=O)c1ccc(N2C(=O)C3CCCCC3C2=O)cc1)c1ccc(OC(=O)c2ccc(Br)cc2)cc1. The molecule has 1 aliphatic carbocycles. The van der Waals surface area contributed by atoms with E-state index in [4.69, 9.17) is 9.47 Å². The summed E-state index contributed by atoms with van der Waals surface area (Å²) < 4.78 is 11.3. The molecule has 5 rings (SSSR count). The van der Waals surface area contributed by atoms with E-state index in [1.807, 2.05) is 0 Å². The van der Waals surface area contributed by atoms with Gasteiger partial charge in [-0.2, -0.15) is 0 Å². The molecule has 2 atom stereocenters. The van der Waals surface area contributed by atoms with Crippen LogP contribution in [0.2, 0.25) is 0 Å². The largest absolute Gasteiger partial charge is 0.454 e. The molecule has 0 aromatic heterocycles. The molecule has 39 heavy (non-hydrogen) atoms. The van der Waals surface area contributed by atoms with Crippen molar-refractivity contribution in [2.45, 2.75) is 25.7 Å². The third-order valence-electron chi connectivity index (χ3n) is 7.00. The summed E-state index contributed by atoms with van der Waals surface area (Å²) in [6.07, 6.45) is 3.35. The first kappa shape index (κ1) is 26.5. The zero-order valence-electron chi connectivity index (χ0n) is 20.8. The molecular weight excluding hydrogens is 566 g/mol. The first-order valence-corrected chi connectivity index (χ1v) is 13.4. The van der Waals surface area contributed by atoms with E-state index in [1.165, 1.54) is 41.3 Å². The molecule has 0 radical (unpaired) electrons. The summed E-state index contributed by atoms with van der Waals surface area (Å²) in [6, 6.07) is 18.7. The number of hydrogen-bond acceptors (Lipinski definition) is 7. The van der Waals surface area contributed by atoms with Crippen molar-refractivity contribution >= 4 is 51.2 Å². The second-order valence-corrected chi connectivity index (χ2v) is 10.4. The van der Waals surface area contributed by atoms with E-state index >= 15 is 0 Å². The van der Waals surface area contributed by atoms with Gasteiger partial charge in [0, 0.05) is 10.0 Å². The average molecular weight is 590 g/mol. The summed E-state index contributed by atoms with van der Waals surface area (Å²) in [5.41, 5.74) is 1.29. The van der Waals surface area contributed by atoms with Crippen molar-refractivity contribution in [3.05, 3.63) is 94.0 Å². The minimum absolute atomic E-state index is 0.181. The third-order valence-corrected chi connectivity index (χ3v) is 7.53. The maximum Gasteiger partial charge on any atom is 0.343 e. The topological polar surface area (TPSA) is 107 Å². The fraction of sp³-hybridized carbons (Fsp3) is 0.233. The van der Waals surface area contributed by atoms with Crippen molar-refractivity contribution < 1.29 is 33.4 Å². The van der Waals surface area contributed by atoms with Gasteiger partial charge in [0.1, 0.15) is 5.75 Å². The van der Waals surface area contributed by atoms with Crippen LogP contribution in [0.1, 0.15) is 56.8 Å². The van der Waals surface area contributed by atoms with Crippen LogP contribution in [0.25, 0.3) is 0 Å². The van der Waals surface area contributed by atoms with Crippen LogP contribution in [-0.2, 0) is 14.3 Å². The summed E-state index contributed by atoms with van der Waals surface area (Å²) in [5.74, 6) is -2.27. The lowest BCUT2D eigenvalue weighted by atomic mass is 9.81. The Bertz CT molecular complexity index is 1410. The zero-order valence-corrected chi connectivity index (χ0v) is 22.4. The Morgan fingerprint density at radius 2 is 1.23 bits per heavy atom. The van der Waals surface area contributed by atoms with Gasteiger partial charge in [0.2, 0.25) is 11.8 Å². The normalized spacial score (nSPS) is 18.4. The van der Waals surface area contributed by atoms with E-state index in [0.29, 0.717) is 11.3 Å². The lowest BCUT2D eigenvalue weighted by Gasteiger charge is -2.19. The van der Waals surface area contributed by atoms with Crippen LogP contribution >= 0.6 is 15.9 Å². The Morgan fingerprint density at radius 3 is 1.82 bits per heavy atom. The number of carbonyl (C=O) groups excluding carboxylic acids is 5. The first-order chi connectivity index (χ1) is 18.8. The minimum atomic E-state index is -0.706. The summed E-state index contributed by atoms with van der Waals surface area (Å²) in [6.45, 7) is -0.481. The fourth-order valence-corrected chi connectivity index (χ4v) is 5.19. The summed E-state index contributed by atoms with van der Waals surface area (Å²) in [4.78, 5) is 64.0. The lowest BCUT2D eigenvalue weighted by Crippen LogP contribution is -2.30. The number of Topliss-reactive ketones (excluding diaryl/α,β-unsaturated/α-hetero) is 1. The van der Waals surface area contributed by atoms with Gasteiger partial charge in [0.15, 0.2) is 12.4 Å². The summed E-state index contributed by atoms with van der Waals surface area (Å²) >= 11 is 3.31. The number of imide groups is 1. The zero-order chi connectivity index (χ0) is 27.5. The molecule has 0 bridgehead atoms. The Kier molecular flexibility index (Phi) is 7.70. The molecule has 2 fully saturated rings. The van der Waals surface area contributed by atoms with E-state index in [2.05, 4.69) is 15.9 Å². The van der Waals surface area contributed by atoms with Crippen molar-refractivity contribution in [2.24, 2.45) is 11.8 Å². The van der Waals surface area contributed by atoms with Crippen LogP contribution < -0.4 is 9.64 Å². The highest BCUT2D eigenvalue weighted by Crippen LogP contribution is 2.40. The number of hydrogen-bond donors (Lipinski definition) is 0. The molecule has 9 heteroatoms. The quantitative estimate of drug-likeness (QED) is 0.157. The summed E-state index contributed by atoms with van der Waals surface area (Å²) in [7, 11) is 0. The lowest BCUT2D eigenvalue weighted by molar-refractivity contribution is -0.122. The molecule has 1 heterocycles. The van der Waals surface area contributed by atoms with Gasteiger partial charge in [-0.15, -0.1) is 0 Å². The second kappa shape index (κ2) is 11.3. The van der Waals surface area contributed by atoms with Crippen LogP contribution in [-0.4, -0.2) is 36.1 Å². The third kappa shape index (κ3) is 5.68. The maximum absolute atomic E-state index is 12.8. The molecular formula is C30H24BrNO7. The van der Waals surface area contributed by atoms with E-state index < -0.39 is 24.3 Å². The fourth-order valence-electron chi connectivity index (χ4n) is 4.92. The monoisotopic (exact) mass is 589 g/mol. The smallest absolute Gasteiger partial charge is 0.343 e. The number of benzene rings is 3. The van der Waals surface area contributed by atoms with Gasteiger partial charge in [-0.1, -0.05) is 28.8 Å². The minimum Gasteiger partial charge on any atom is -0.454 e. The van der Waals surface area contributed by atoms with Crippen LogP contribution in [0.5, 0.6) is 5.75 Å². The molecule has 0 spiro atoms. The number of anilines is 1. The highest BCUT2D eigenvalue weighted by atomic mass is 79.9. The van der Waals surface area contributed by atoms with E-state index in [0.717, 1.165) is 30.2 Å². The first-order valence-electron chi connectivity index (χ1n) is 12.6. The highest BCUT2D eigenvalue weighted by Gasteiger charge is 2.48. The van der Waals surface area contributed by atoms with Crippen LogP contribution in [0.15, 0.2) is 77.3 Å². The second-order valence-electron chi connectivity index (χ2n) is 9.48. The molecule has 3 aromatic rings. The predicted octanol–water partition coefficient (Wildman–Crippen LogP) is 5.39. The molecule has 2 unspecified atom stereocenters. The van der Waals surface area contributed by atoms with Crippen LogP contribution in [0, 0.1) is 11.8 Å². The van der Waals surface area contributed by atoms with Gasteiger partial charge in [0.05, 0.1) is 28.7 Å². The van der Waals surface area contributed by atoms with Gasteiger partial charge in [-0.3, -0.25) is 19.3 Å². The van der Waals surface area contributed by atoms with Crippen LogP contribution in [0.3, 0.4) is 0 Å². The highest BCUT2D eigenvalue weighted by molar-refractivity contribution is 9.10. The van der Waals surface area contributed by atoms with E-state index in [-0.39, 0.29) is 40.5 Å². The predicted molar refractivity (Wildman–Crippen MR) is 145 cm³/mol. The molecule has 2 amide bonds. The number of esters is 2. The number of fused-ring (bicyclic) bond motifs is 1. The number of ketones is 1. The molecule has 2 aliphatic rings. The van der Waals surface area contributed by atoms with Gasteiger partial charge in [0.25, 0.3) is 0 Å². The van der Waals surface area contributed by atoms with Gasteiger partial charge < -0.3 is 9.47 Å². The maximum atomic E-state index is 12.8. The van der Waals surface area contributed by atoms with Crippen molar-refractivity contribution in [1.29, 1.82) is 0 Å². The molecule has 1 saturated carbocycles. The number of nitrogens with zero attached hydrogens (tertiary/aromatic N) is 1. The average Bonchev–Trinajstić information content (AvgIpc) is 3.22. The Morgan fingerprint density at radius 1 is 0.718 bits per heavy atom.